The lowest BCUT2D eigenvalue weighted by Gasteiger charge is -2.35. The van der Waals surface area contributed by atoms with Gasteiger partial charge in [0, 0.05) is 31.4 Å². The Morgan fingerprint density at radius 3 is 2.78 bits per heavy atom. The van der Waals surface area contributed by atoms with Crippen LogP contribution in [0, 0.1) is 5.92 Å². The molecule has 1 amide bonds. The molecule has 7 nitrogen and oxygen atoms in total. The molecule has 0 unspecified atom stereocenters. The molecule has 1 saturated carbocycles. The largest absolute Gasteiger partial charge is 0.497 e. The number of carbonyl (C=O) groups excluding carboxylic acids is 1. The van der Waals surface area contributed by atoms with Crippen molar-refractivity contribution in [1.29, 1.82) is 0 Å². The molecule has 0 N–H and O–H groups in total. The van der Waals surface area contributed by atoms with E-state index in [-0.39, 0.29) is 11.8 Å². The van der Waals surface area contributed by atoms with Gasteiger partial charge >= 0.3 is 0 Å². The van der Waals surface area contributed by atoms with E-state index in [1.807, 2.05) is 35.4 Å². The Kier molecular flexibility index (Phi) is 5.83. The SMILES string of the molecule is COc1ccc(C2(C(=O)N3CCOC[C@@H](Cc4ccc5nccn5n4)C3)CCCC2)cc1. The number of methoxy groups -OCH3 is 1. The topological polar surface area (TPSA) is 69.0 Å². The molecule has 7 heteroatoms. The van der Waals surface area contributed by atoms with Crippen LogP contribution >= 0.6 is 0 Å². The van der Waals surface area contributed by atoms with E-state index in [0.717, 1.165) is 54.8 Å². The minimum atomic E-state index is -0.435. The third-order valence-corrected chi connectivity index (χ3v) is 6.94. The second-order valence-electron chi connectivity index (χ2n) is 8.97. The average molecular weight is 435 g/mol. The maximum Gasteiger partial charge on any atom is 0.233 e. The standard InChI is InChI=1S/C25H30N4O3/c1-31-22-7-4-20(5-8-22)25(10-2-3-11-25)24(30)28-14-15-32-18-19(17-28)16-21-6-9-23-26-12-13-29(23)27-21/h4-9,12-13,19H,2-3,10-11,14-18H2,1H3/t19-/m0/s1. The monoisotopic (exact) mass is 434 g/mol. The predicted molar refractivity (Wildman–Crippen MR) is 121 cm³/mol. The molecule has 32 heavy (non-hydrogen) atoms. The van der Waals surface area contributed by atoms with E-state index in [1.54, 1.807) is 17.8 Å². The lowest BCUT2D eigenvalue weighted by molar-refractivity contribution is -0.137. The summed E-state index contributed by atoms with van der Waals surface area (Å²) in [6.45, 7) is 2.56. The van der Waals surface area contributed by atoms with Crippen LogP contribution in [-0.2, 0) is 21.4 Å². The fraction of sp³-hybridized carbons (Fsp3) is 0.480. The van der Waals surface area contributed by atoms with Crippen molar-refractivity contribution in [3.8, 4) is 5.75 Å². The van der Waals surface area contributed by atoms with Crippen LogP contribution in [0.15, 0.2) is 48.8 Å². The second-order valence-corrected chi connectivity index (χ2v) is 8.97. The number of carbonyl (C=O) groups is 1. The van der Waals surface area contributed by atoms with Gasteiger partial charge in [0.2, 0.25) is 5.91 Å². The third kappa shape index (κ3) is 3.97. The van der Waals surface area contributed by atoms with Crippen LogP contribution in [-0.4, -0.2) is 58.8 Å². The van der Waals surface area contributed by atoms with Crippen LogP contribution in [0.4, 0.5) is 0 Å². The zero-order valence-electron chi connectivity index (χ0n) is 18.6. The van der Waals surface area contributed by atoms with E-state index in [1.165, 1.54) is 0 Å². The summed E-state index contributed by atoms with van der Waals surface area (Å²) in [6, 6.07) is 12.1. The normalized spacial score (nSPS) is 20.9. The Morgan fingerprint density at radius 2 is 2.00 bits per heavy atom. The van der Waals surface area contributed by atoms with Crippen molar-refractivity contribution in [3.05, 3.63) is 60.0 Å². The Balaban J connectivity index is 1.36. The van der Waals surface area contributed by atoms with Crippen molar-refractivity contribution in [2.24, 2.45) is 5.92 Å². The van der Waals surface area contributed by atoms with E-state index in [4.69, 9.17) is 9.47 Å². The number of imidazole rings is 1. The Hall–Kier alpha value is -2.93. The summed E-state index contributed by atoms with van der Waals surface area (Å²) < 4.78 is 13.0. The molecule has 1 atom stereocenters. The minimum Gasteiger partial charge on any atom is -0.497 e. The summed E-state index contributed by atoms with van der Waals surface area (Å²) in [5, 5.41) is 4.67. The fourth-order valence-electron chi connectivity index (χ4n) is 5.27. The molecule has 0 radical (unpaired) electrons. The maximum atomic E-state index is 14.0. The smallest absolute Gasteiger partial charge is 0.233 e. The van der Waals surface area contributed by atoms with Gasteiger partial charge in [-0.2, -0.15) is 5.10 Å². The van der Waals surface area contributed by atoms with Crippen molar-refractivity contribution >= 4 is 11.6 Å². The Labute approximate surface area is 188 Å². The molecule has 2 fully saturated rings. The molecule has 2 aliphatic rings. The number of nitrogens with zero attached hydrogens (tertiary/aromatic N) is 4. The first-order chi connectivity index (χ1) is 15.7. The van der Waals surface area contributed by atoms with Gasteiger partial charge < -0.3 is 14.4 Å². The van der Waals surface area contributed by atoms with Gasteiger partial charge in [0.25, 0.3) is 0 Å². The van der Waals surface area contributed by atoms with Gasteiger partial charge in [-0.25, -0.2) is 9.50 Å². The number of fused-ring (bicyclic) bond motifs is 1. The first kappa shape index (κ1) is 20.9. The van der Waals surface area contributed by atoms with Crippen molar-refractivity contribution in [2.45, 2.75) is 37.5 Å². The average Bonchev–Trinajstić information content (AvgIpc) is 3.45. The molecule has 1 aliphatic carbocycles. The zero-order chi connectivity index (χ0) is 22.0. The van der Waals surface area contributed by atoms with E-state index in [2.05, 4.69) is 22.2 Å². The quantitative estimate of drug-likeness (QED) is 0.617. The van der Waals surface area contributed by atoms with E-state index in [9.17, 15) is 4.79 Å². The number of hydrogen-bond donors (Lipinski definition) is 0. The molecule has 1 saturated heterocycles. The Morgan fingerprint density at radius 1 is 1.19 bits per heavy atom. The molecule has 3 aromatic rings. The summed E-state index contributed by atoms with van der Waals surface area (Å²) in [6.07, 6.45) is 8.35. The van der Waals surface area contributed by atoms with Gasteiger partial charge in [0.15, 0.2) is 5.65 Å². The number of ether oxygens (including phenoxy) is 2. The highest BCUT2D eigenvalue weighted by molar-refractivity contribution is 5.88. The summed E-state index contributed by atoms with van der Waals surface area (Å²) in [5.74, 6) is 1.28. The van der Waals surface area contributed by atoms with Crippen LogP contribution < -0.4 is 4.74 Å². The number of aromatic nitrogens is 3. The van der Waals surface area contributed by atoms with Crippen LogP contribution in [0.3, 0.4) is 0 Å². The van der Waals surface area contributed by atoms with E-state index in [0.29, 0.717) is 26.3 Å². The third-order valence-electron chi connectivity index (χ3n) is 6.94. The van der Waals surface area contributed by atoms with Crippen molar-refractivity contribution < 1.29 is 14.3 Å². The molecule has 1 aromatic carbocycles. The van der Waals surface area contributed by atoms with Gasteiger partial charge in [-0.1, -0.05) is 25.0 Å². The lowest BCUT2D eigenvalue weighted by Crippen LogP contribution is -2.47. The number of hydrogen-bond acceptors (Lipinski definition) is 5. The maximum absolute atomic E-state index is 14.0. The second kappa shape index (κ2) is 8.90. The first-order valence-corrected chi connectivity index (χ1v) is 11.5. The highest BCUT2D eigenvalue weighted by atomic mass is 16.5. The number of benzene rings is 1. The van der Waals surface area contributed by atoms with E-state index >= 15 is 0 Å². The van der Waals surface area contributed by atoms with Crippen molar-refractivity contribution in [1.82, 2.24) is 19.5 Å². The highest BCUT2D eigenvalue weighted by Crippen LogP contribution is 2.43. The van der Waals surface area contributed by atoms with Crippen molar-refractivity contribution in [2.75, 3.05) is 33.4 Å². The fourth-order valence-corrected chi connectivity index (χ4v) is 5.27. The summed E-state index contributed by atoms with van der Waals surface area (Å²) >= 11 is 0. The van der Waals surface area contributed by atoms with Gasteiger partial charge in [-0.05, 0) is 49.1 Å². The van der Waals surface area contributed by atoms with Crippen LogP contribution in [0.2, 0.25) is 0 Å². The molecular formula is C25H30N4O3. The molecule has 2 aromatic heterocycles. The summed E-state index contributed by atoms with van der Waals surface area (Å²) in [7, 11) is 1.67. The van der Waals surface area contributed by atoms with Gasteiger partial charge in [0.05, 0.1) is 31.4 Å². The van der Waals surface area contributed by atoms with Gasteiger partial charge in [0.1, 0.15) is 5.75 Å². The van der Waals surface area contributed by atoms with Crippen LogP contribution in [0.25, 0.3) is 5.65 Å². The highest BCUT2D eigenvalue weighted by Gasteiger charge is 2.45. The number of amides is 1. The zero-order valence-corrected chi connectivity index (χ0v) is 18.6. The van der Waals surface area contributed by atoms with Crippen LogP contribution in [0.1, 0.15) is 36.9 Å². The minimum absolute atomic E-state index is 0.212. The molecule has 5 rings (SSSR count). The van der Waals surface area contributed by atoms with E-state index < -0.39 is 5.41 Å². The van der Waals surface area contributed by atoms with Crippen LogP contribution in [0.5, 0.6) is 5.75 Å². The molecule has 3 heterocycles. The summed E-state index contributed by atoms with van der Waals surface area (Å²) in [4.78, 5) is 20.3. The molecule has 1 aliphatic heterocycles. The van der Waals surface area contributed by atoms with Gasteiger partial charge in [-0.15, -0.1) is 0 Å². The Bertz CT molecular complexity index is 1070. The molecule has 0 bridgehead atoms. The van der Waals surface area contributed by atoms with Gasteiger partial charge in [-0.3, -0.25) is 4.79 Å². The first-order valence-electron chi connectivity index (χ1n) is 11.5. The molecular weight excluding hydrogens is 404 g/mol. The molecule has 0 spiro atoms. The summed E-state index contributed by atoms with van der Waals surface area (Å²) in [5.41, 5.74) is 2.50. The molecule has 168 valence electrons. The predicted octanol–water partition coefficient (Wildman–Crippen LogP) is 3.27. The lowest BCUT2D eigenvalue weighted by atomic mass is 9.77. The van der Waals surface area contributed by atoms with Crippen molar-refractivity contribution in [3.63, 3.8) is 0 Å². The number of rotatable bonds is 5.